The van der Waals surface area contributed by atoms with E-state index in [1.54, 1.807) is 0 Å². The molecule has 14 heavy (non-hydrogen) atoms. The van der Waals surface area contributed by atoms with Gasteiger partial charge in [-0.15, -0.1) is 0 Å². The number of hydrogen-bond donors (Lipinski definition) is 1. The summed E-state index contributed by atoms with van der Waals surface area (Å²) in [6.45, 7) is 10.4. The lowest BCUT2D eigenvalue weighted by molar-refractivity contribution is -0.129. The fourth-order valence-corrected chi connectivity index (χ4v) is 1.95. The monoisotopic (exact) mass is 197 g/mol. The second-order valence-corrected chi connectivity index (χ2v) is 5.74. The number of carbonyl (C=O) groups excluding carboxylic acids is 1. The Labute approximate surface area is 87.5 Å². The van der Waals surface area contributed by atoms with E-state index in [1.165, 1.54) is 6.42 Å². The maximum absolute atomic E-state index is 11.8. The molecule has 0 aliphatic heterocycles. The van der Waals surface area contributed by atoms with Gasteiger partial charge < -0.3 is 5.32 Å². The zero-order chi connectivity index (χ0) is 10.9. The fourth-order valence-electron chi connectivity index (χ4n) is 1.95. The molecule has 3 unspecified atom stereocenters. The molecule has 0 bridgehead atoms. The lowest BCUT2D eigenvalue weighted by Crippen LogP contribution is -2.43. The zero-order valence-corrected chi connectivity index (χ0v) is 10.1. The molecule has 0 aromatic carbocycles. The van der Waals surface area contributed by atoms with E-state index in [0.717, 1.165) is 12.3 Å². The highest BCUT2D eigenvalue weighted by molar-refractivity contribution is 5.81. The van der Waals surface area contributed by atoms with Gasteiger partial charge in [-0.05, 0) is 24.7 Å². The topological polar surface area (TPSA) is 29.1 Å². The Morgan fingerprint density at radius 3 is 2.14 bits per heavy atom. The van der Waals surface area contributed by atoms with Crippen molar-refractivity contribution in [2.24, 2.45) is 17.3 Å². The molecule has 0 aromatic heterocycles. The molecule has 0 heterocycles. The fraction of sp³-hybridized carbons (Fsp3) is 0.917. The Balaban J connectivity index is 2.50. The molecule has 0 radical (unpaired) electrons. The summed E-state index contributed by atoms with van der Waals surface area (Å²) in [5, 5.41) is 3.16. The molecule has 1 amide bonds. The van der Waals surface area contributed by atoms with Crippen molar-refractivity contribution in [2.45, 2.75) is 53.5 Å². The molecule has 1 fully saturated rings. The Morgan fingerprint density at radius 1 is 1.21 bits per heavy atom. The van der Waals surface area contributed by atoms with E-state index < -0.39 is 0 Å². The van der Waals surface area contributed by atoms with E-state index in [2.05, 4.69) is 19.2 Å². The number of hydrogen-bond acceptors (Lipinski definition) is 1. The number of amides is 1. The average Bonchev–Trinajstić information content (AvgIpc) is 2.34. The first-order valence-electron chi connectivity index (χ1n) is 5.63. The van der Waals surface area contributed by atoms with Crippen molar-refractivity contribution >= 4 is 5.91 Å². The second-order valence-electron chi connectivity index (χ2n) is 5.74. The van der Waals surface area contributed by atoms with Crippen LogP contribution in [0.4, 0.5) is 0 Å². The van der Waals surface area contributed by atoms with Gasteiger partial charge in [0, 0.05) is 11.5 Å². The summed E-state index contributed by atoms with van der Waals surface area (Å²) in [6, 6.07) is 0.400. The molecular weight excluding hydrogens is 174 g/mol. The van der Waals surface area contributed by atoms with Crippen molar-refractivity contribution in [3.05, 3.63) is 0 Å². The van der Waals surface area contributed by atoms with E-state index in [0.29, 0.717) is 12.0 Å². The molecule has 1 aliphatic rings. The van der Waals surface area contributed by atoms with Gasteiger partial charge in [-0.1, -0.05) is 34.6 Å². The van der Waals surface area contributed by atoms with Crippen LogP contribution in [-0.4, -0.2) is 11.9 Å². The van der Waals surface area contributed by atoms with Crippen LogP contribution in [0.25, 0.3) is 0 Å². The van der Waals surface area contributed by atoms with Gasteiger partial charge in [-0.3, -0.25) is 4.79 Å². The van der Waals surface area contributed by atoms with Crippen molar-refractivity contribution in [3.8, 4) is 0 Å². The third-order valence-corrected chi connectivity index (χ3v) is 3.46. The van der Waals surface area contributed by atoms with E-state index in [1.807, 2.05) is 20.8 Å². The molecule has 1 saturated carbocycles. The normalized spacial score (nSPS) is 33.1. The van der Waals surface area contributed by atoms with Crippen LogP contribution < -0.4 is 5.32 Å². The number of carbonyl (C=O) groups is 1. The van der Waals surface area contributed by atoms with Crippen LogP contribution in [0.5, 0.6) is 0 Å². The highest BCUT2D eigenvalue weighted by atomic mass is 16.2. The van der Waals surface area contributed by atoms with E-state index in [4.69, 9.17) is 0 Å². The van der Waals surface area contributed by atoms with Gasteiger partial charge in [0.2, 0.25) is 5.91 Å². The summed E-state index contributed by atoms with van der Waals surface area (Å²) in [5.74, 6) is 1.56. The van der Waals surface area contributed by atoms with E-state index in [-0.39, 0.29) is 11.3 Å². The van der Waals surface area contributed by atoms with E-state index >= 15 is 0 Å². The summed E-state index contributed by atoms with van der Waals surface area (Å²) in [4.78, 5) is 11.8. The molecule has 2 heteroatoms. The predicted molar refractivity (Wildman–Crippen MR) is 58.9 cm³/mol. The third-order valence-electron chi connectivity index (χ3n) is 3.46. The maximum Gasteiger partial charge on any atom is 0.225 e. The molecule has 82 valence electrons. The smallest absolute Gasteiger partial charge is 0.225 e. The molecule has 1 rings (SSSR count). The Kier molecular flexibility index (Phi) is 3.23. The Morgan fingerprint density at radius 2 is 1.79 bits per heavy atom. The quantitative estimate of drug-likeness (QED) is 0.688. The van der Waals surface area contributed by atoms with Gasteiger partial charge in [-0.25, -0.2) is 0 Å². The summed E-state index contributed by atoms with van der Waals surface area (Å²) in [7, 11) is 0. The number of nitrogens with one attached hydrogen (secondary N) is 1. The minimum absolute atomic E-state index is 0.184. The first kappa shape index (κ1) is 11.5. The lowest BCUT2D eigenvalue weighted by atomic mass is 9.93. The van der Waals surface area contributed by atoms with Crippen LogP contribution >= 0.6 is 0 Å². The van der Waals surface area contributed by atoms with Crippen molar-refractivity contribution < 1.29 is 4.79 Å². The van der Waals surface area contributed by atoms with E-state index in [9.17, 15) is 4.79 Å². The minimum Gasteiger partial charge on any atom is -0.353 e. The van der Waals surface area contributed by atoms with Crippen molar-refractivity contribution in [1.82, 2.24) is 5.32 Å². The summed E-state index contributed by atoms with van der Waals surface area (Å²) in [6.07, 6.45) is 2.39. The van der Waals surface area contributed by atoms with Gasteiger partial charge in [0.1, 0.15) is 0 Å². The Bertz CT molecular complexity index is 217. The van der Waals surface area contributed by atoms with Crippen LogP contribution in [0.1, 0.15) is 47.5 Å². The van der Waals surface area contributed by atoms with Crippen LogP contribution in [0.15, 0.2) is 0 Å². The molecule has 0 saturated heterocycles. The standard InChI is InChI=1S/C12H23NO/c1-8-6-7-10(9(8)2)13-11(14)12(3,4)5/h8-10H,6-7H2,1-5H3,(H,13,14). The molecule has 2 nitrogen and oxygen atoms in total. The third kappa shape index (κ3) is 2.49. The van der Waals surface area contributed by atoms with Crippen LogP contribution in [0, 0.1) is 17.3 Å². The van der Waals surface area contributed by atoms with Gasteiger partial charge >= 0.3 is 0 Å². The number of rotatable bonds is 1. The molecule has 3 atom stereocenters. The summed E-state index contributed by atoms with van der Waals surface area (Å²) in [5.41, 5.74) is -0.258. The first-order valence-corrected chi connectivity index (χ1v) is 5.63. The average molecular weight is 197 g/mol. The predicted octanol–water partition coefficient (Wildman–Crippen LogP) is 2.58. The zero-order valence-electron chi connectivity index (χ0n) is 10.1. The lowest BCUT2D eigenvalue weighted by Gasteiger charge is -2.25. The highest BCUT2D eigenvalue weighted by Gasteiger charge is 2.33. The maximum atomic E-state index is 11.8. The van der Waals surface area contributed by atoms with Gasteiger partial charge in [0.15, 0.2) is 0 Å². The molecule has 1 aliphatic carbocycles. The SMILES string of the molecule is CC1CCC(NC(=O)C(C)(C)C)C1C. The summed E-state index contributed by atoms with van der Waals surface area (Å²) >= 11 is 0. The molecule has 0 aromatic rings. The molecule has 0 spiro atoms. The first-order chi connectivity index (χ1) is 6.32. The van der Waals surface area contributed by atoms with Crippen molar-refractivity contribution in [1.29, 1.82) is 0 Å². The van der Waals surface area contributed by atoms with Crippen LogP contribution in [0.3, 0.4) is 0 Å². The summed E-state index contributed by atoms with van der Waals surface area (Å²) < 4.78 is 0. The Hall–Kier alpha value is -0.530. The van der Waals surface area contributed by atoms with Crippen molar-refractivity contribution in [2.75, 3.05) is 0 Å². The van der Waals surface area contributed by atoms with Crippen LogP contribution in [0.2, 0.25) is 0 Å². The minimum atomic E-state index is -0.258. The highest BCUT2D eigenvalue weighted by Crippen LogP contribution is 2.31. The van der Waals surface area contributed by atoms with Crippen LogP contribution in [-0.2, 0) is 4.79 Å². The van der Waals surface area contributed by atoms with Gasteiger partial charge in [0.25, 0.3) is 0 Å². The van der Waals surface area contributed by atoms with Gasteiger partial charge in [-0.2, -0.15) is 0 Å². The van der Waals surface area contributed by atoms with Gasteiger partial charge in [0.05, 0.1) is 0 Å². The van der Waals surface area contributed by atoms with Crippen molar-refractivity contribution in [3.63, 3.8) is 0 Å². The largest absolute Gasteiger partial charge is 0.353 e. The molecular formula is C12H23NO. The molecule has 1 N–H and O–H groups in total. The second kappa shape index (κ2) is 3.92.